The molecule has 0 aromatic heterocycles. The molecule has 1 aromatic rings. The zero-order valence-corrected chi connectivity index (χ0v) is 20.0. The molecule has 32 heavy (non-hydrogen) atoms. The van der Waals surface area contributed by atoms with Gasteiger partial charge in [-0.3, -0.25) is 19.8 Å². The van der Waals surface area contributed by atoms with Gasteiger partial charge in [0, 0.05) is 20.1 Å². The van der Waals surface area contributed by atoms with Crippen LogP contribution in [0.4, 0.5) is 5.69 Å². The number of aliphatic hydroxyl groups is 2. The Labute approximate surface area is 191 Å². The molecule has 1 fully saturated rings. The molecule has 1 atom stereocenters. The summed E-state index contributed by atoms with van der Waals surface area (Å²) in [6, 6.07) is 9.17. The van der Waals surface area contributed by atoms with Crippen LogP contribution in [0.1, 0.15) is 53.9 Å². The lowest BCUT2D eigenvalue weighted by Crippen LogP contribution is -2.35. The van der Waals surface area contributed by atoms with Gasteiger partial charge in [0.05, 0.1) is 25.5 Å². The molecule has 0 saturated carbocycles. The second-order valence-electron chi connectivity index (χ2n) is 6.33. The first-order chi connectivity index (χ1) is 15.3. The summed E-state index contributed by atoms with van der Waals surface area (Å²) >= 11 is 0. The number of anilines is 1. The minimum Gasteiger partial charge on any atom is -0.466 e. The van der Waals surface area contributed by atoms with Gasteiger partial charge in [0.15, 0.2) is 0 Å². The van der Waals surface area contributed by atoms with E-state index < -0.39 is 5.92 Å². The smallest absolute Gasteiger partial charge is 0.302 e. The van der Waals surface area contributed by atoms with Gasteiger partial charge in [-0.2, -0.15) is 0 Å². The molecule has 1 aromatic carbocycles. The topological polar surface area (TPSA) is 125 Å². The van der Waals surface area contributed by atoms with Crippen LogP contribution in [0.25, 0.3) is 0 Å². The van der Waals surface area contributed by atoms with Gasteiger partial charge in [-0.1, -0.05) is 38.0 Å². The molecule has 0 spiro atoms. The second-order valence-corrected chi connectivity index (χ2v) is 6.33. The summed E-state index contributed by atoms with van der Waals surface area (Å²) in [6.07, 6.45) is 2.51. The average Bonchev–Trinajstić information content (AvgIpc) is 3.07. The number of rotatable bonds is 8. The fraction of sp³-hybridized carbons (Fsp3) is 0.609. The van der Waals surface area contributed by atoms with E-state index in [1.54, 1.807) is 19.1 Å². The SMILES string of the molecule is CCCCC1C(=O)NN(c2ccccc2)C1=O.CCOC(C)=O.CCOCC.OCCO. The van der Waals surface area contributed by atoms with E-state index in [-0.39, 0.29) is 31.0 Å². The normalized spacial score (nSPS) is 14.1. The number of amides is 2. The number of hydrazine groups is 1. The van der Waals surface area contributed by atoms with Crippen molar-refractivity contribution < 1.29 is 34.1 Å². The highest BCUT2D eigenvalue weighted by molar-refractivity contribution is 6.14. The first-order valence-electron chi connectivity index (χ1n) is 11.0. The van der Waals surface area contributed by atoms with Crippen molar-refractivity contribution in [2.24, 2.45) is 5.92 Å². The highest BCUT2D eigenvalue weighted by atomic mass is 16.5. The second kappa shape index (κ2) is 21.7. The van der Waals surface area contributed by atoms with E-state index in [9.17, 15) is 14.4 Å². The van der Waals surface area contributed by atoms with Crippen LogP contribution in [0.15, 0.2) is 30.3 Å². The van der Waals surface area contributed by atoms with Crippen molar-refractivity contribution in [3.63, 3.8) is 0 Å². The average molecular weight is 457 g/mol. The largest absolute Gasteiger partial charge is 0.466 e. The summed E-state index contributed by atoms with van der Waals surface area (Å²) in [7, 11) is 0. The first kappa shape index (κ1) is 31.7. The van der Waals surface area contributed by atoms with E-state index in [0.29, 0.717) is 18.7 Å². The van der Waals surface area contributed by atoms with Gasteiger partial charge in [0.2, 0.25) is 0 Å². The predicted octanol–water partition coefficient (Wildman–Crippen LogP) is 2.45. The van der Waals surface area contributed by atoms with Gasteiger partial charge in [0.25, 0.3) is 11.8 Å². The third kappa shape index (κ3) is 15.3. The number of nitrogens with one attached hydrogen (secondary N) is 1. The van der Waals surface area contributed by atoms with E-state index in [0.717, 1.165) is 26.1 Å². The lowest BCUT2D eigenvalue weighted by atomic mass is 10.0. The summed E-state index contributed by atoms with van der Waals surface area (Å²) in [5.41, 5.74) is 3.34. The van der Waals surface area contributed by atoms with Crippen LogP contribution < -0.4 is 10.4 Å². The van der Waals surface area contributed by atoms with Crippen molar-refractivity contribution >= 4 is 23.5 Å². The van der Waals surface area contributed by atoms with E-state index in [4.69, 9.17) is 14.9 Å². The van der Waals surface area contributed by atoms with Gasteiger partial charge in [-0.15, -0.1) is 0 Å². The van der Waals surface area contributed by atoms with Crippen LogP contribution in [-0.2, 0) is 23.9 Å². The predicted molar refractivity (Wildman–Crippen MR) is 124 cm³/mol. The number of unbranched alkanes of at least 4 members (excludes halogenated alkanes) is 1. The summed E-state index contributed by atoms with van der Waals surface area (Å²) in [6.45, 7) is 11.1. The van der Waals surface area contributed by atoms with Crippen molar-refractivity contribution in [1.29, 1.82) is 0 Å². The molecule has 2 rings (SSSR count). The Morgan fingerprint density at radius 3 is 1.91 bits per heavy atom. The summed E-state index contributed by atoms with van der Waals surface area (Å²) in [5.74, 6) is -1.06. The lowest BCUT2D eigenvalue weighted by molar-refractivity contribution is -0.140. The molecule has 0 aliphatic carbocycles. The maximum atomic E-state index is 12.1. The number of para-hydroxylation sites is 1. The molecule has 1 heterocycles. The van der Waals surface area contributed by atoms with Crippen LogP contribution in [0.5, 0.6) is 0 Å². The molecule has 3 N–H and O–H groups in total. The third-order valence-corrected chi connectivity index (χ3v) is 3.77. The van der Waals surface area contributed by atoms with Crippen LogP contribution in [0.2, 0.25) is 0 Å². The molecule has 1 aliphatic heterocycles. The first-order valence-corrected chi connectivity index (χ1v) is 11.0. The highest BCUT2D eigenvalue weighted by Gasteiger charge is 2.39. The number of carbonyl (C=O) groups is 3. The fourth-order valence-electron chi connectivity index (χ4n) is 2.35. The lowest BCUT2D eigenvalue weighted by Gasteiger charge is -2.14. The number of aliphatic hydroxyl groups excluding tert-OH is 2. The van der Waals surface area contributed by atoms with Crippen LogP contribution in [-0.4, -0.2) is 61.0 Å². The monoisotopic (exact) mass is 456 g/mol. The number of benzene rings is 1. The van der Waals surface area contributed by atoms with E-state index >= 15 is 0 Å². The molecule has 1 unspecified atom stereocenters. The number of hydrogen-bond donors (Lipinski definition) is 3. The number of ether oxygens (including phenoxy) is 2. The highest BCUT2D eigenvalue weighted by Crippen LogP contribution is 2.22. The van der Waals surface area contributed by atoms with Crippen molar-refractivity contribution in [3.05, 3.63) is 30.3 Å². The standard InChI is InChI=1S/C13H16N2O2.C4H8O2.C4H10O.C2H6O2/c1-2-3-9-11-12(16)14-15(13(11)17)10-7-5-4-6-8-10;1-3-6-4(2)5;1-3-5-4-2;3-1-2-4/h4-8,11H,2-3,9H2,1H3,(H,14,16);3H2,1-2H3;3-4H2,1-2H3;3-4H,1-2H2. The van der Waals surface area contributed by atoms with Crippen molar-refractivity contribution in [1.82, 2.24) is 5.43 Å². The summed E-state index contributed by atoms with van der Waals surface area (Å²) < 4.78 is 9.24. The molecule has 0 radical (unpaired) electrons. The van der Waals surface area contributed by atoms with Crippen LogP contribution >= 0.6 is 0 Å². The number of carbonyl (C=O) groups excluding carboxylic acids is 3. The Bertz CT molecular complexity index is 608. The molecule has 9 nitrogen and oxygen atoms in total. The molecule has 9 heteroatoms. The van der Waals surface area contributed by atoms with Gasteiger partial charge >= 0.3 is 5.97 Å². The third-order valence-electron chi connectivity index (χ3n) is 3.77. The zero-order valence-electron chi connectivity index (χ0n) is 20.0. The fourth-order valence-corrected chi connectivity index (χ4v) is 2.35. The van der Waals surface area contributed by atoms with Gasteiger partial charge in [-0.05, 0) is 39.3 Å². The minimum atomic E-state index is -0.518. The van der Waals surface area contributed by atoms with Crippen molar-refractivity contribution in [2.45, 2.75) is 53.9 Å². The molecule has 1 aliphatic rings. The Morgan fingerprint density at radius 2 is 1.56 bits per heavy atom. The van der Waals surface area contributed by atoms with Crippen LogP contribution in [0.3, 0.4) is 0 Å². The molecular weight excluding hydrogens is 416 g/mol. The van der Waals surface area contributed by atoms with E-state index in [2.05, 4.69) is 10.2 Å². The van der Waals surface area contributed by atoms with Gasteiger partial charge < -0.3 is 19.7 Å². The zero-order chi connectivity index (χ0) is 24.8. The number of nitrogens with zero attached hydrogens (tertiary/aromatic N) is 1. The molecule has 184 valence electrons. The van der Waals surface area contributed by atoms with E-state index in [1.165, 1.54) is 11.9 Å². The molecule has 0 bridgehead atoms. The van der Waals surface area contributed by atoms with Gasteiger partial charge in [-0.25, -0.2) is 5.01 Å². The molecule has 1 saturated heterocycles. The summed E-state index contributed by atoms with van der Waals surface area (Å²) in [4.78, 5) is 33.6. The number of hydrogen-bond acceptors (Lipinski definition) is 7. The quantitative estimate of drug-likeness (QED) is 0.405. The Morgan fingerprint density at radius 1 is 1.00 bits per heavy atom. The number of esters is 1. The molecular formula is C23H40N2O7. The minimum absolute atomic E-state index is 0.125. The Balaban J connectivity index is 0. The van der Waals surface area contributed by atoms with Gasteiger partial charge in [0.1, 0.15) is 5.92 Å². The maximum Gasteiger partial charge on any atom is 0.302 e. The van der Waals surface area contributed by atoms with Crippen LogP contribution in [0, 0.1) is 5.92 Å². The maximum absolute atomic E-state index is 12.1. The van der Waals surface area contributed by atoms with Crippen molar-refractivity contribution in [3.8, 4) is 0 Å². The Hall–Kier alpha value is -2.49. The Kier molecular flexibility index (Phi) is 21.5. The van der Waals surface area contributed by atoms with E-state index in [1.807, 2.05) is 39.0 Å². The summed E-state index contributed by atoms with van der Waals surface area (Å²) in [5, 5.41) is 16.6. The molecule has 2 amide bonds. The van der Waals surface area contributed by atoms with Crippen molar-refractivity contribution in [2.75, 3.05) is 38.0 Å².